The lowest BCUT2D eigenvalue weighted by Gasteiger charge is -2.42. The SMILES string of the molecule is CC(C)(C)OC(=O)N1CCCN(C2CNCCC2CN2CCOCC2)CC1. The van der Waals surface area contributed by atoms with Crippen LogP contribution in [0.4, 0.5) is 4.79 Å². The van der Waals surface area contributed by atoms with Gasteiger partial charge in [0.15, 0.2) is 0 Å². The van der Waals surface area contributed by atoms with Crippen molar-refractivity contribution in [3.8, 4) is 0 Å². The van der Waals surface area contributed by atoms with Crippen molar-refractivity contribution in [3.63, 3.8) is 0 Å². The minimum absolute atomic E-state index is 0.170. The number of hydrogen-bond acceptors (Lipinski definition) is 6. The van der Waals surface area contributed by atoms with E-state index in [2.05, 4.69) is 15.1 Å². The molecule has 0 aromatic carbocycles. The maximum atomic E-state index is 12.4. The second kappa shape index (κ2) is 9.54. The van der Waals surface area contributed by atoms with Gasteiger partial charge in [-0.05, 0) is 46.1 Å². The Bertz CT molecular complexity index is 476. The van der Waals surface area contributed by atoms with Crippen molar-refractivity contribution >= 4 is 6.09 Å². The molecule has 0 saturated carbocycles. The zero-order valence-electron chi connectivity index (χ0n) is 17.4. The van der Waals surface area contributed by atoms with Gasteiger partial charge in [-0.1, -0.05) is 0 Å². The van der Waals surface area contributed by atoms with Gasteiger partial charge in [-0.3, -0.25) is 9.80 Å². The van der Waals surface area contributed by atoms with E-state index in [4.69, 9.17) is 9.47 Å². The van der Waals surface area contributed by atoms with Gasteiger partial charge in [-0.2, -0.15) is 0 Å². The molecule has 1 N–H and O–H groups in total. The Hall–Kier alpha value is -0.890. The van der Waals surface area contributed by atoms with E-state index in [9.17, 15) is 4.79 Å². The van der Waals surface area contributed by atoms with E-state index in [1.165, 1.54) is 13.0 Å². The highest BCUT2D eigenvalue weighted by Gasteiger charge is 2.33. The molecule has 3 heterocycles. The zero-order chi connectivity index (χ0) is 19.3. The normalized spacial score (nSPS) is 29.4. The quantitative estimate of drug-likeness (QED) is 0.793. The van der Waals surface area contributed by atoms with Gasteiger partial charge >= 0.3 is 6.09 Å². The van der Waals surface area contributed by atoms with Gasteiger partial charge in [0.25, 0.3) is 0 Å². The Morgan fingerprint density at radius 1 is 1.11 bits per heavy atom. The van der Waals surface area contributed by atoms with E-state index >= 15 is 0 Å². The summed E-state index contributed by atoms with van der Waals surface area (Å²) in [6.07, 6.45) is 2.07. The van der Waals surface area contributed by atoms with Crippen molar-refractivity contribution in [1.29, 1.82) is 0 Å². The third-order valence-corrected chi connectivity index (χ3v) is 5.84. The summed E-state index contributed by atoms with van der Waals surface area (Å²) < 4.78 is 11.1. The Morgan fingerprint density at radius 3 is 2.63 bits per heavy atom. The molecule has 7 heteroatoms. The molecular weight excluding hydrogens is 344 g/mol. The van der Waals surface area contributed by atoms with Crippen LogP contribution in [0.1, 0.15) is 33.6 Å². The molecule has 3 saturated heterocycles. The van der Waals surface area contributed by atoms with Crippen molar-refractivity contribution in [3.05, 3.63) is 0 Å². The number of amides is 1. The lowest BCUT2D eigenvalue weighted by Crippen LogP contribution is -2.55. The molecule has 7 nitrogen and oxygen atoms in total. The zero-order valence-corrected chi connectivity index (χ0v) is 17.4. The van der Waals surface area contributed by atoms with Crippen LogP contribution < -0.4 is 5.32 Å². The third kappa shape index (κ3) is 6.31. The second-order valence-corrected chi connectivity index (χ2v) is 9.09. The summed E-state index contributed by atoms with van der Waals surface area (Å²) in [6.45, 7) is 16.5. The minimum Gasteiger partial charge on any atom is -0.444 e. The molecule has 156 valence electrons. The highest BCUT2D eigenvalue weighted by atomic mass is 16.6. The fourth-order valence-electron chi connectivity index (χ4n) is 4.43. The Kier molecular flexibility index (Phi) is 7.36. The van der Waals surface area contributed by atoms with Gasteiger partial charge in [-0.15, -0.1) is 0 Å². The van der Waals surface area contributed by atoms with E-state index in [1.54, 1.807) is 0 Å². The molecule has 3 aliphatic rings. The monoisotopic (exact) mass is 382 g/mol. The van der Waals surface area contributed by atoms with Crippen LogP contribution >= 0.6 is 0 Å². The number of carbonyl (C=O) groups is 1. The molecule has 2 atom stereocenters. The summed E-state index contributed by atoms with van der Waals surface area (Å²) >= 11 is 0. The number of rotatable bonds is 3. The lowest BCUT2D eigenvalue weighted by molar-refractivity contribution is 0.0139. The van der Waals surface area contributed by atoms with Crippen molar-refractivity contribution in [2.45, 2.75) is 45.3 Å². The fourth-order valence-corrected chi connectivity index (χ4v) is 4.43. The summed E-state index contributed by atoms with van der Waals surface area (Å²) in [6, 6.07) is 0.556. The van der Waals surface area contributed by atoms with Crippen LogP contribution in [0.15, 0.2) is 0 Å². The fraction of sp³-hybridized carbons (Fsp3) is 0.950. The van der Waals surface area contributed by atoms with E-state index in [-0.39, 0.29) is 6.09 Å². The number of nitrogens with zero attached hydrogens (tertiary/aromatic N) is 3. The molecular formula is C20H38N4O3. The number of piperidine rings is 1. The highest BCUT2D eigenvalue weighted by molar-refractivity contribution is 5.68. The summed E-state index contributed by atoms with van der Waals surface area (Å²) in [4.78, 5) is 19.5. The first-order valence-corrected chi connectivity index (χ1v) is 10.7. The van der Waals surface area contributed by atoms with Crippen molar-refractivity contribution in [2.75, 3.05) is 72.1 Å². The maximum Gasteiger partial charge on any atom is 0.410 e. The molecule has 0 radical (unpaired) electrons. The van der Waals surface area contributed by atoms with E-state index < -0.39 is 5.60 Å². The van der Waals surface area contributed by atoms with Crippen molar-refractivity contribution in [2.24, 2.45) is 5.92 Å². The number of hydrogen-bond donors (Lipinski definition) is 1. The second-order valence-electron chi connectivity index (χ2n) is 9.09. The largest absolute Gasteiger partial charge is 0.444 e. The van der Waals surface area contributed by atoms with E-state index in [0.29, 0.717) is 12.0 Å². The molecule has 0 aromatic heterocycles. The maximum absolute atomic E-state index is 12.4. The number of nitrogens with one attached hydrogen (secondary N) is 1. The first kappa shape index (κ1) is 20.8. The molecule has 1 amide bonds. The molecule has 2 unspecified atom stereocenters. The van der Waals surface area contributed by atoms with Crippen LogP contribution in [-0.4, -0.2) is 105 Å². The number of morpholine rings is 1. The predicted molar refractivity (Wildman–Crippen MR) is 106 cm³/mol. The van der Waals surface area contributed by atoms with E-state index in [0.717, 1.165) is 72.0 Å². The van der Waals surface area contributed by atoms with E-state index in [1.807, 2.05) is 25.7 Å². The topological polar surface area (TPSA) is 57.3 Å². The van der Waals surface area contributed by atoms with Gasteiger partial charge in [0, 0.05) is 58.4 Å². The average molecular weight is 383 g/mol. The molecule has 0 aromatic rings. The summed E-state index contributed by atoms with van der Waals surface area (Å²) in [5.74, 6) is 0.692. The third-order valence-electron chi connectivity index (χ3n) is 5.84. The van der Waals surface area contributed by atoms with Crippen LogP contribution in [0, 0.1) is 5.92 Å². The lowest BCUT2D eigenvalue weighted by atomic mass is 9.90. The molecule has 3 aliphatic heterocycles. The van der Waals surface area contributed by atoms with Crippen LogP contribution in [-0.2, 0) is 9.47 Å². The molecule has 3 rings (SSSR count). The number of carbonyl (C=O) groups excluding carboxylic acids is 1. The van der Waals surface area contributed by atoms with Crippen molar-refractivity contribution < 1.29 is 14.3 Å². The summed E-state index contributed by atoms with van der Waals surface area (Å²) in [7, 11) is 0. The standard InChI is InChI=1S/C20H38N4O3/c1-20(2,3)27-19(25)24-8-4-7-23(9-10-24)18-15-21-6-5-17(18)16-22-11-13-26-14-12-22/h17-18,21H,4-16H2,1-3H3. The summed E-state index contributed by atoms with van der Waals surface area (Å²) in [5, 5.41) is 3.59. The van der Waals surface area contributed by atoms with Gasteiger partial charge in [0.2, 0.25) is 0 Å². The summed E-state index contributed by atoms with van der Waals surface area (Å²) in [5.41, 5.74) is -0.431. The first-order valence-electron chi connectivity index (χ1n) is 10.7. The smallest absolute Gasteiger partial charge is 0.410 e. The average Bonchev–Trinajstić information content (AvgIpc) is 2.88. The van der Waals surface area contributed by atoms with Gasteiger partial charge in [-0.25, -0.2) is 4.79 Å². The molecule has 0 aliphatic carbocycles. The molecule has 0 bridgehead atoms. The molecule has 3 fully saturated rings. The Morgan fingerprint density at radius 2 is 1.89 bits per heavy atom. The minimum atomic E-state index is -0.431. The van der Waals surface area contributed by atoms with Crippen LogP contribution in [0.3, 0.4) is 0 Å². The predicted octanol–water partition coefficient (Wildman–Crippen LogP) is 1.24. The van der Waals surface area contributed by atoms with Crippen molar-refractivity contribution in [1.82, 2.24) is 20.0 Å². The van der Waals surface area contributed by atoms with Gasteiger partial charge in [0.05, 0.1) is 13.2 Å². The Balaban J connectivity index is 1.55. The van der Waals surface area contributed by atoms with Crippen LogP contribution in [0.25, 0.3) is 0 Å². The molecule has 27 heavy (non-hydrogen) atoms. The number of ether oxygens (including phenoxy) is 2. The van der Waals surface area contributed by atoms with Gasteiger partial charge in [0.1, 0.15) is 5.60 Å². The van der Waals surface area contributed by atoms with Crippen LogP contribution in [0.5, 0.6) is 0 Å². The van der Waals surface area contributed by atoms with Gasteiger partial charge < -0.3 is 19.7 Å². The Labute approximate surface area is 164 Å². The molecule has 0 spiro atoms. The van der Waals surface area contributed by atoms with Crippen LogP contribution in [0.2, 0.25) is 0 Å². The highest BCUT2D eigenvalue weighted by Crippen LogP contribution is 2.22. The first-order chi connectivity index (χ1) is 12.9.